The Hall–Kier alpha value is -3.65. The van der Waals surface area contributed by atoms with Crippen LogP contribution in [0, 0.1) is 17.7 Å². The van der Waals surface area contributed by atoms with Crippen molar-refractivity contribution in [2.75, 3.05) is 45.9 Å². The lowest BCUT2D eigenvalue weighted by atomic mass is 9.90. The second-order valence-electron chi connectivity index (χ2n) is 13.1. The first-order valence-corrected chi connectivity index (χ1v) is 17.7. The lowest BCUT2D eigenvalue weighted by molar-refractivity contribution is 0.0263. The number of fused-ring (bicyclic) bond motifs is 1. The number of aromatic amines is 1. The highest BCUT2D eigenvalue weighted by molar-refractivity contribution is 7.69. The molecule has 0 amide bonds. The van der Waals surface area contributed by atoms with Gasteiger partial charge in [0.25, 0.3) is 0 Å². The van der Waals surface area contributed by atoms with E-state index in [2.05, 4.69) is 44.5 Å². The van der Waals surface area contributed by atoms with Crippen LogP contribution < -0.4 is 0 Å². The van der Waals surface area contributed by atoms with Gasteiger partial charge < -0.3 is 14.6 Å². The average molecular weight is 666 g/mol. The second kappa shape index (κ2) is 15.1. The van der Waals surface area contributed by atoms with Gasteiger partial charge in [0.15, 0.2) is 0 Å². The van der Waals surface area contributed by atoms with Crippen molar-refractivity contribution in [3.8, 4) is 11.3 Å². The number of ether oxygens (including phenoxy) is 1. The normalized spacial score (nSPS) is 17.4. The van der Waals surface area contributed by atoms with Gasteiger partial charge in [0.05, 0.1) is 12.8 Å². The van der Waals surface area contributed by atoms with Crippen molar-refractivity contribution in [1.29, 1.82) is 0 Å². The Bertz CT molecular complexity index is 1720. The van der Waals surface area contributed by atoms with Crippen molar-refractivity contribution in [3.05, 3.63) is 71.8 Å². The van der Waals surface area contributed by atoms with Gasteiger partial charge in [0.2, 0.25) is 10.9 Å². The molecule has 0 radical (unpaired) electrons. The molecular formula is C34H44FN7O4S. The van der Waals surface area contributed by atoms with Gasteiger partial charge in [-0.3, -0.25) is 4.68 Å². The Kier molecular flexibility index (Phi) is 10.7. The van der Waals surface area contributed by atoms with Crippen LogP contribution in [-0.2, 0) is 22.2 Å². The summed E-state index contributed by atoms with van der Waals surface area (Å²) in [7, 11) is -2.70. The molecule has 0 spiro atoms. The van der Waals surface area contributed by atoms with Crippen LogP contribution in [0.15, 0.2) is 54.7 Å². The number of carbonyl (C=O) groups is 1. The first-order valence-electron chi connectivity index (χ1n) is 16.6. The topological polar surface area (TPSA) is 117 Å². The number of halogens is 1. The van der Waals surface area contributed by atoms with Gasteiger partial charge in [0.1, 0.15) is 17.2 Å². The van der Waals surface area contributed by atoms with Crippen LogP contribution in [0.3, 0.4) is 0 Å². The van der Waals surface area contributed by atoms with Crippen LogP contribution in [0.2, 0.25) is 0 Å². The van der Waals surface area contributed by atoms with E-state index in [1.807, 2.05) is 31.1 Å². The summed E-state index contributed by atoms with van der Waals surface area (Å²) in [6.45, 7) is 9.23. The molecule has 0 unspecified atom stereocenters. The van der Waals surface area contributed by atoms with Crippen molar-refractivity contribution >= 4 is 27.8 Å². The number of esters is 1. The third kappa shape index (κ3) is 8.08. The third-order valence-corrected chi connectivity index (χ3v) is 10.2. The maximum absolute atomic E-state index is 14.2. The van der Waals surface area contributed by atoms with Gasteiger partial charge in [-0.05, 0) is 80.3 Å². The van der Waals surface area contributed by atoms with Crippen molar-refractivity contribution in [1.82, 2.24) is 34.3 Å². The molecule has 0 atom stereocenters. The van der Waals surface area contributed by atoms with E-state index < -0.39 is 22.7 Å². The Labute approximate surface area is 276 Å². The van der Waals surface area contributed by atoms with Crippen LogP contribution in [0.5, 0.6) is 0 Å². The first-order chi connectivity index (χ1) is 22.7. The fourth-order valence-electron chi connectivity index (χ4n) is 6.77. The highest BCUT2D eigenvalue weighted by Crippen LogP contribution is 2.33. The largest absolute Gasteiger partial charge is 0.461 e. The predicted octanol–water partition coefficient (Wildman–Crippen LogP) is 4.71. The number of hydrogen-bond donors (Lipinski definition) is 2. The summed E-state index contributed by atoms with van der Waals surface area (Å²) in [5.74, 6) is 0.105. The molecular weight excluding hydrogens is 621 g/mol. The molecule has 2 aliphatic heterocycles. The molecule has 0 bridgehead atoms. The highest BCUT2D eigenvalue weighted by atomic mass is 32.2. The molecule has 2 aromatic carbocycles. The fraction of sp³-hybridized carbons (Fsp3) is 0.500. The zero-order chi connectivity index (χ0) is 32.9. The van der Waals surface area contributed by atoms with E-state index in [0.29, 0.717) is 53.6 Å². The number of aromatic nitrogens is 4. The number of likely N-dealkylation sites (tertiary alicyclic amines) is 1. The summed E-state index contributed by atoms with van der Waals surface area (Å²) in [6, 6.07) is 14.8. The molecule has 4 heterocycles. The monoisotopic (exact) mass is 665 g/mol. The highest BCUT2D eigenvalue weighted by Gasteiger charge is 2.28. The average Bonchev–Trinajstić information content (AvgIpc) is 3.69. The minimum absolute atomic E-state index is 0.176. The summed E-state index contributed by atoms with van der Waals surface area (Å²) in [5, 5.41) is 11.3. The Balaban J connectivity index is 1.03. The van der Waals surface area contributed by atoms with Gasteiger partial charge in [-0.2, -0.15) is 0 Å². The number of H-pyrrole nitrogens is 1. The van der Waals surface area contributed by atoms with Gasteiger partial charge in [-0.15, -0.1) is 9.51 Å². The van der Waals surface area contributed by atoms with Crippen LogP contribution in [0.4, 0.5) is 4.39 Å². The number of carbonyl (C=O) groups excluding carboxylic acids is 1. The molecule has 2 aromatic heterocycles. The van der Waals surface area contributed by atoms with E-state index in [4.69, 9.17) is 4.74 Å². The molecule has 6 rings (SSSR count). The summed E-state index contributed by atoms with van der Waals surface area (Å²) < 4.78 is 47.5. The summed E-state index contributed by atoms with van der Waals surface area (Å²) in [6.07, 6.45) is 5.60. The molecule has 0 saturated carbocycles. The van der Waals surface area contributed by atoms with E-state index in [1.165, 1.54) is 17.7 Å². The Morgan fingerprint density at radius 3 is 2.51 bits per heavy atom. The fourth-order valence-corrected chi connectivity index (χ4v) is 7.41. The second-order valence-corrected chi connectivity index (χ2v) is 14.1. The number of piperidine rings is 2. The van der Waals surface area contributed by atoms with Crippen molar-refractivity contribution < 1.29 is 22.3 Å². The van der Waals surface area contributed by atoms with Gasteiger partial charge in [-0.25, -0.2) is 22.6 Å². The standard InChI is InChI=1S/C34H44FN7O4S/c1-24(2)23-46-34(43)33-32(29-20-28(35)8-9-30(29)36-33)31-22-40(38-37-31)21-25-10-14-39(15-11-25)18-19-42(47(44)45)41-16-12-27(13-17-41)26-6-4-3-5-7-26/h3-9,20,22,24-25,27,36,47H,10-19,21,23H2,1-2H3. The van der Waals surface area contributed by atoms with Crippen LogP contribution in [-0.4, -0.2) is 94.6 Å². The Morgan fingerprint density at radius 2 is 1.81 bits per heavy atom. The SMILES string of the molecule is CC(C)COC(=O)c1[nH]c2ccc(F)cc2c1-c1cn(CC2CCN(CCN(N3CCC(c4ccccc4)CC3)[SH](=O)=O)CC2)nn1. The maximum Gasteiger partial charge on any atom is 0.355 e. The van der Waals surface area contributed by atoms with Crippen molar-refractivity contribution in [2.24, 2.45) is 11.8 Å². The van der Waals surface area contributed by atoms with Gasteiger partial charge in [0, 0.05) is 49.2 Å². The Morgan fingerprint density at radius 1 is 1.06 bits per heavy atom. The number of benzene rings is 2. The third-order valence-electron chi connectivity index (χ3n) is 9.33. The summed E-state index contributed by atoms with van der Waals surface area (Å²) in [4.78, 5) is 18.4. The molecule has 0 aliphatic carbocycles. The van der Waals surface area contributed by atoms with Crippen LogP contribution in [0.25, 0.3) is 22.2 Å². The molecule has 4 aromatic rings. The summed E-state index contributed by atoms with van der Waals surface area (Å²) >= 11 is 0. The molecule has 2 fully saturated rings. The lowest BCUT2D eigenvalue weighted by Crippen LogP contribution is -2.49. The van der Waals surface area contributed by atoms with E-state index >= 15 is 0 Å². The molecule has 252 valence electrons. The lowest BCUT2D eigenvalue weighted by Gasteiger charge is -2.38. The van der Waals surface area contributed by atoms with Crippen LogP contribution >= 0.6 is 0 Å². The van der Waals surface area contributed by atoms with E-state index in [9.17, 15) is 17.6 Å². The van der Waals surface area contributed by atoms with E-state index in [0.717, 1.165) is 51.9 Å². The van der Waals surface area contributed by atoms with E-state index in [1.54, 1.807) is 15.2 Å². The number of nitrogens with one attached hydrogen (secondary N) is 1. The zero-order valence-corrected chi connectivity index (χ0v) is 27.9. The van der Waals surface area contributed by atoms with Gasteiger partial charge >= 0.3 is 5.97 Å². The molecule has 13 heteroatoms. The molecule has 11 nitrogen and oxygen atoms in total. The molecule has 1 N–H and O–H groups in total. The molecule has 47 heavy (non-hydrogen) atoms. The van der Waals surface area contributed by atoms with Crippen LogP contribution in [0.1, 0.15) is 61.5 Å². The van der Waals surface area contributed by atoms with Crippen molar-refractivity contribution in [2.45, 2.75) is 52.0 Å². The first kappa shape index (κ1) is 33.3. The zero-order valence-electron chi connectivity index (χ0n) is 27.1. The smallest absolute Gasteiger partial charge is 0.355 e. The number of rotatable bonds is 12. The number of hydrazine groups is 1. The minimum Gasteiger partial charge on any atom is -0.461 e. The quantitative estimate of drug-likeness (QED) is 0.165. The molecule has 2 saturated heterocycles. The summed E-state index contributed by atoms with van der Waals surface area (Å²) in [5.41, 5.74) is 3.16. The predicted molar refractivity (Wildman–Crippen MR) is 179 cm³/mol. The number of hydrogen-bond acceptors (Lipinski definition) is 8. The maximum atomic E-state index is 14.2. The van der Waals surface area contributed by atoms with E-state index in [-0.39, 0.29) is 18.2 Å². The molecule has 2 aliphatic rings. The minimum atomic E-state index is -2.70. The van der Waals surface area contributed by atoms with Gasteiger partial charge in [-0.1, -0.05) is 49.4 Å². The number of thiol groups is 1. The number of nitrogens with zero attached hydrogens (tertiary/aromatic N) is 6. The van der Waals surface area contributed by atoms with Crippen molar-refractivity contribution in [3.63, 3.8) is 0 Å².